The van der Waals surface area contributed by atoms with Gasteiger partial charge in [0.2, 0.25) is 0 Å². The van der Waals surface area contributed by atoms with E-state index in [9.17, 15) is 0 Å². The van der Waals surface area contributed by atoms with Crippen molar-refractivity contribution in [3.63, 3.8) is 0 Å². The number of hydrogen-bond acceptors (Lipinski definition) is 3. The maximum Gasteiger partial charge on any atom is 0.145 e. The van der Waals surface area contributed by atoms with Crippen molar-refractivity contribution in [3.8, 4) is 11.3 Å². The second kappa shape index (κ2) is 6.09. The largest absolute Gasteiger partial charge is 0.340 e. The van der Waals surface area contributed by atoms with E-state index < -0.39 is 0 Å². The first-order valence-electron chi connectivity index (χ1n) is 7.61. The van der Waals surface area contributed by atoms with Gasteiger partial charge >= 0.3 is 0 Å². The van der Waals surface area contributed by atoms with Gasteiger partial charge in [0.05, 0.1) is 11.1 Å². The van der Waals surface area contributed by atoms with Crippen molar-refractivity contribution < 1.29 is 0 Å². The fraction of sp³-hybridized carbons (Fsp3) is 0.0526. The van der Waals surface area contributed by atoms with Crippen molar-refractivity contribution in [2.75, 3.05) is 5.32 Å². The number of nitrogens with zero attached hydrogens (tertiary/aromatic N) is 3. The molecule has 0 aliphatic carbocycles. The van der Waals surface area contributed by atoms with Gasteiger partial charge in [0.25, 0.3) is 0 Å². The van der Waals surface area contributed by atoms with E-state index in [4.69, 9.17) is 0 Å². The average molecular weight is 379 g/mol. The predicted octanol–water partition coefficient (Wildman–Crippen LogP) is 5.14. The lowest BCUT2D eigenvalue weighted by molar-refractivity contribution is 0.952. The zero-order valence-corrected chi connectivity index (χ0v) is 14.7. The van der Waals surface area contributed by atoms with Crippen LogP contribution in [0.4, 0.5) is 11.5 Å². The molecule has 0 atom stereocenters. The van der Waals surface area contributed by atoms with Crippen LogP contribution in [0.2, 0.25) is 0 Å². The molecule has 0 spiro atoms. The number of halogens is 1. The summed E-state index contributed by atoms with van der Waals surface area (Å²) < 4.78 is 3.14. The highest BCUT2D eigenvalue weighted by Gasteiger charge is 2.13. The molecule has 0 amide bonds. The quantitative estimate of drug-likeness (QED) is 0.536. The molecule has 4 aromatic rings. The molecule has 24 heavy (non-hydrogen) atoms. The summed E-state index contributed by atoms with van der Waals surface area (Å²) in [6.07, 6.45) is 1.60. The Morgan fingerprint density at radius 2 is 1.71 bits per heavy atom. The molecule has 2 aromatic heterocycles. The molecule has 2 heterocycles. The molecule has 2 aromatic carbocycles. The van der Waals surface area contributed by atoms with Gasteiger partial charge in [0.15, 0.2) is 0 Å². The summed E-state index contributed by atoms with van der Waals surface area (Å²) in [4.78, 5) is 8.87. The van der Waals surface area contributed by atoms with Gasteiger partial charge in [-0.05, 0) is 35.9 Å². The number of rotatable bonds is 3. The van der Waals surface area contributed by atoms with Crippen molar-refractivity contribution in [3.05, 3.63) is 71.5 Å². The number of anilines is 2. The van der Waals surface area contributed by atoms with E-state index in [1.807, 2.05) is 49.5 Å². The standard InChI is InChI=1S/C19H15BrN4/c1-24-17(13-5-3-2-4-6-13)11-16-18(21-12-22-19(16)24)23-15-9-7-14(20)8-10-15/h2-12H,1H3,(H,21,22,23). The van der Waals surface area contributed by atoms with Gasteiger partial charge in [-0.3, -0.25) is 0 Å². The maximum absolute atomic E-state index is 4.45. The minimum absolute atomic E-state index is 0.806. The highest BCUT2D eigenvalue weighted by atomic mass is 79.9. The van der Waals surface area contributed by atoms with Crippen LogP contribution in [-0.4, -0.2) is 14.5 Å². The average Bonchev–Trinajstić information content (AvgIpc) is 2.96. The van der Waals surface area contributed by atoms with E-state index in [1.54, 1.807) is 6.33 Å². The lowest BCUT2D eigenvalue weighted by Gasteiger charge is -2.06. The SMILES string of the molecule is Cn1c(-c2ccccc2)cc2c(Nc3ccc(Br)cc3)ncnc21. The Labute approximate surface area is 148 Å². The molecule has 0 aliphatic heterocycles. The molecule has 0 fully saturated rings. The fourth-order valence-electron chi connectivity index (χ4n) is 2.79. The molecule has 4 rings (SSSR count). The third-order valence-corrected chi connectivity index (χ3v) is 4.53. The molecule has 0 bridgehead atoms. The lowest BCUT2D eigenvalue weighted by Crippen LogP contribution is -1.97. The number of nitrogens with one attached hydrogen (secondary N) is 1. The molecule has 1 N–H and O–H groups in total. The smallest absolute Gasteiger partial charge is 0.145 e. The van der Waals surface area contributed by atoms with Gasteiger partial charge in [-0.1, -0.05) is 46.3 Å². The van der Waals surface area contributed by atoms with Crippen LogP contribution in [0.1, 0.15) is 0 Å². The summed E-state index contributed by atoms with van der Waals surface area (Å²) in [5, 5.41) is 4.38. The van der Waals surface area contributed by atoms with E-state index >= 15 is 0 Å². The molecule has 0 saturated heterocycles. The Morgan fingerprint density at radius 3 is 2.46 bits per heavy atom. The van der Waals surface area contributed by atoms with Gasteiger partial charge in [-0.15, -0.1) is 0 Å². The molecule has 4 nitrogen and oxygen atoms in total. The van der Waals surface area contributed by atoms with Crippen LogP contribution in [0, 0.1) is 0 Å². The topological polar surface area (TPSA) is 42.7 Å². The molecule has 118 valence electrons. The third-order valence-electron chi connectivity index (χ3n) is 4.00. The van der Waals surface area contributed by atoms with E-state index in [0.29, 0.717) is 0 Å². The molecule has 0 saturated carbocycles. The second-order valence-corrected chi connectivity index (χ2v) is 6.46. The predicted molar refractivity (Wildman–Crippen MR) is 101 cm³/mol. The van der Waals surface area contributed by atoms with Gasteiger partial charge < -0.3 is 9.88 Å². The number of fused-ring (bicyclic) bond motifs is 1. The maximum atomic E-state index is 4.45. The molecule has 0 radical (unpaired) electrons. The minimum atomic E-state index is 0.806. The van der Waals surface area contributed by atoms with Gasteiger partial charge in [-0.25, -0.2) is 9.97 Å². The first-order valence-corrected chi connectivity index (χ1v) is 8.40. The molecular formula is C19H15BrN4. The van der Waals surface area contributed by atoms with Gasteiger partial charge in [0, 0.05) is 17.2 Å². The first-order chi connectivity index (χ1) is 11.7. The number of aryl methyl sites for hydroxylation is 1. The van der Waals surface area contributed by atoms with E-state index in [2.05, 4.69) is 54.0 Å². The van der Waals surface area contributed by atoms with Crippen molar-refractivity contribution in [2.45, 2.75) is 0 Å². The monoisotopic (exact) mass is 378 g/mol. The summed E-state index contributed by atoms with van der Waals surface area (Å²) in [5.41, 5.74) is 4.17. The van der Waals surface area contributed by atoms with Crippen LogP contribution in [0.15, 0.2) is 71.5 Å². The summed E-state index contributed by atoms with van der Waals surface area (Å²) in [5.74, 6) is 0.806. The molecule has 5 heteroatoms. The van der Waals surface area contributed by atoms with Crippen LogP contribution in [0.3, 0.4) is 0 Å². The normalized spacial score (nSPS) is 10.9. The first kappa shape index (κ1) is 14.9. The number of benzene rings is 2. The van der Waals surface area contributed by atoms with E-state index in [-0.39, 0.29) is 0 Å². The van der Waals surface area contributed by atoms with Crippen LogP contribution in [-0.2, 0) is 7.05 Å². The van der Waals surface area contributed by atoms with Crippen molar-refractivity contribution in [1.82, 2.24) is 14.5 Å². The zero-order valence-electron chi connectivity index (χ0n) is 13.1. The van der Waals surface area contributed by atoms with Gasteiger partial charge in [-0.2, -0.15) is 0 Å². The molecular weight excluding hydrogens is 364 g/mol. The second-order valence-electron chi connectivity index (χ2n) is 5.55. The highest BCUT2D eigenvalue weighted by Crippen LogP contribution is 2.30. The Kier molecular flexibility index (Phi) is 3.78. The summed E-state index contributed by atoms with van der Waals surface area (Å²) in [7, 11) is 2.03. The van der Waals surface area contributed by atoms with Crippen LogP contribution in [0.5, 0.6) is 0 Å². The molecule has 0 aliphatic rings. The van der Waals surface area contributed by atoms with Crippen LogP contribution in [0.25, 0.3) is 22.3 Å². The Bertz CT molecular complexity index is 991. The van der Waals surface area contributed by atoms with Crippen molar-refractivity contribution in [2.24, 2.45) is 7.05 Å². The molecule has 0 unspecified atom stereocenters. The van der Waals surface area contributed by atoms with Gasteiger partial charge in [0.1, 0.15) is 17.8 Å². The Balaban J connectivity index is 1.81. The van der Waals surface area contributed by atoms with Crippen LogP contribution >= 0.6 is 15.9 Å². The lowest BCUT2D eigenvalue weighted by atomic mass is 10.1. The number of aromatic nitrogens is 3. The van der Waals surface area contributed by atoms with Crippen molar-refractivity contribution in [1.29, 1.82) is 0 Å². The Hall–Kier alpha value is -2.66. The summed E-state index contributed by atoms with van der Waals surface area (Å²) >= 11 is 3.45. The summed E-state index contributed by atoms with van der Waals surface area (Å²) in [6.45, 7) is 0. The zero-order chi connectivity index (χ0) is 16.5. The Morgan fingerprint density at radius 1 is 0.958 bits per heavy atom. The third kappa shape index (κ3) is 2.67. The highest BCUT2D eigenvalue weighted by molar-refractivity contribution is 9.10. The summed E-state index contributed by atoms with van der Waals surface area (Å²) in [6, 6.07) is 20.5. The number of hydrogen-bond donors (Lipinski definition) is 1. The van der Waals surface area contributed by atoms with Crippen LogP contribution < -0.4 is 5.32 Å². The fourth-order valence-corrected chi connectivity index (χ4v) is 3.05. The van der Waals surface area contributed by atoms with E-state index in [0.717, 1.165) is 38.3 Å². The minimum Gasteiger partial charge on any atom is -0.340 e. The van der Waals surface area contributed by atoms with Crippen molar-refractivity contribution >= 4 is 38.5 Å². The van der Waals surface area contributed by atoms with E-state index in [1.165, 1.54) is 0 Å².